The Morgan fingerprint density at radius 1 is 0.672 bits per heavy atom. The van der Waals surface area contributed by atoms with Crippen molar-refractivity contribution in [1.82, 2.24) is 0 Å². The van der Waals surface area contributed by atoms with Crippen molar-refractivity contribution in [2.24, 2.45) is 35.0 Å². The highest BCUT2D eigenvalue weighted by Crippen LogP contribution is 2.61. The lowest BCUT2D eigenvalue weighted by atomic mass is 9.52. The van der Waals surface area contributed by atoms with E-state index in [-0.39, 0.29) is 47.3 Å². The van der Waals surface area contributed by atoms with Crippen molar-refractivity contribution in [3.8, 4) is 28.7 Å². The van der Waals surface area contributed by atoms with Gasteiger partial charge in [0.25, 0.3) is 0 Å². The van der Waals surface area contributed by atoms with Crippen LogP contribution in [0, 0.1) is 35.0 Å². The van der Waals surface area contributed by atoms with E-state index in [1.807, 2.05) is 73.7 Å². The second-order valence-corrected chi connectivity index (χ2v) is 15.2. The smallest absolute Gasteiger partial charge is 0.241 e. The molecule has 2 aliphatic heterocycles. The first-order valence-corrected chi connectivity index (χ1v) is 19.2. The third-order valence-electron chi connectivity index (χ3n) is 12.4. The zero-order valence-electron chi connectivity index (χ0n) is 32.9. The number of nitrogens with zero attached hydrogens (tertiary/aromatic N) is 2. The number of hydrogen-bond donors (Lipinski definition) is 1. The highest BCUT2D eigenvalue weighted by atomic mass is 16.5. The molecular formula is C47H44N2O9. The summed E-state index contributed by atoms with van der Waals surface area (Å²) in [4.78, 5) is 60.4. The molecule has 2 aliphatic carbocycles. The molecule has 0 spiro atoms. The van der Waals surface area contributed by atoms with Crippen LogP contribution in [0.25, 0.3) is 18.2 Å². The fourth-order valence-electron chi connectivity index (χ4n) is 9.40. The molecule has 4 amide bonds. The third-order valence-corrected chi connectivity index (χ3v) is 12.4. The van der Waals surface area contributed by atoms with Gasteiger partial charge in [-0.2, -0.15) is 0 Å². The van der Waals surface area contributed by atoms with E-state index in [1.54, 1.807) is 62.8 Å². The van der Waals surface area contributed by atoms with Crippen molar-refractivity contribution in [2.75, 3.05) is 38.2 Å². The Bertz CT molecular complexity index is 2380. The average Bonchev–Trinajstić information content (AvgIpc) is 3.62. The monoisotopic (exact) mass is 780 g/mol. The van der Waals surface area contributed by atoms with Crippen molar-refractivity contribution in [1.29, 1.82) is 0 Å². The van der Waals surface area contributed by atoms with Gasteiger partial charge in [0, 0.05) is 11.5 Å². The van der Waals surface area contributed by atoms with Crippen LogP contribution in [-0.2, 0) is 19.2 Å². The number of amides is 4. The fraction of sp³-hybridized carbons (Fsp3) is 0.277. The van der Waals surface area contributed by atoms with Gasteiger partial charge in [0.05, 0.1) is 63.0 Å². The first kappa shape index (κ1) is 38.3. The summed E-state index contributed by atoms with van der Waals surface area (Å²) in [6, 6.07) is 25.0. The van der Waals surface area contributed by atoms with Gasteiger partial charge in [0.2, 0.25) is 29.4 Å². The molecule has 4 aromatic rings. The highest BCUT2D eigenvalue weighted by molar-refractivity contribution is 6.25. The summed E-state index contributed by atoms with van der Waals surface area (Å²) < 4.78 is 21.7. The van der Waals surface area contributed by atoms with E-state index in [9.17, 15) is 24.3 Å². The number of aromatic hydroxyl groups is 1. The molecule has 0 unspecified atom stereocenters. The van der Waals surface area contributed by atoms with Crippen LogP contribution in [0.15, 0.2) is 103 Å². The summed E-state index contributed by atoms with van der Waals surface area (Å²) >= 11 is 0. The van der Waals surface area contributed by atoms with Crippen LogP contribution < -0.4 is 28.7 Å². The molecule has 1 saturated carbocycles. The Balaban J connectivity index is 1.13. The zero-order valence-corrected chi connectivity index (χ0v) is 32.9. The topological polar surface area (TPSA) is 132 Å². The maximum Gasteiger partial charge on any atom is 0.241 e. The van der Waals surface area contributed by atoms with E-state index in [0.29, 0.717) is 34.9 Å². The molecule has 0 bridgehead atoms. The molecule has 1 N–H and O–H groups in total. The van der Waals surface area contributed by atoms with E-state index in [2.05, 4.69) is 0 Å². The summed E-state index contributed by atoms with van der Waals surface area (Å²) in [6.07, 6.45) is 10.1. The number of rotatable bonds is 10. The predicted octanol–water partition coefficient (Wildman–Crippen LogP) is 7.58. The van der Waals surface area contributed by atoms with Gasteiger partial charge in [-0.05, 0) is 91.4 Å². The number of hydrogen-bond acceptors (Lipinski definition) is 9. The Morgan fingerprint density at radius 2 is 1.34 bits per heavy atom. The minimum absolute atomic E-state index is 0.142. The number of benzene rings is 4. The molecule has 4 aliphatic rings. The number of methoxy groups -OCH3 is 4. The van der Waals surface area contributed by atoms with Gasteiger partial charge in [0.1, 0.15) is 11.5 Å². The largest absolute Gasteiger partial charge is 0.502 e. The molecule has 11 heteroatoms. The SMILES string of the molecule is COc1ccc(OC)c(C=Cc2ccc(N3C(=O)[C@H]4[C@H](CC=C5[C@H]4C[C@H]4C(=O)N(c6ccccc6)C(=O)[C@@]4(C)[C@H]5C=Cc4cc(OC)c(O)c(OC)c4)C3=O)cc2)c1. The van der Waals surface area contributed by atoms with Crippen molar-refractivity contribution in [3.05, 3.63) is 119 Å². The van der Waals surface area contributed by atoms with Crippen molar-refractivity contribution in [3.63, 3.8) is 0 Å². The highest BCUT2D eigenvalue weighted by Gasteiger charge is 2.67. The van der Waals surface area contributed by atoms with Gasteiger partial charge >= 0.3 is 0 Å². The summed E-state index contributed by atoms with van der Waals surface area (Å²) in [7, 11) is 6.10. The number of allylic oxidation sites excluding steroid dienone is 3. The molecule has 2 saturated heterocycles. The number of para-hydroxylation sites is 1. The number of anilines is 2. The van der Waals surface area contributed by atoms with Gasteiger partial charge in [-0.25, -0.2) is 4.90 Å². The van der Waals surface area contributed by atoms with Gasteiger partial charge in [0.15, 0.2) is 11.5 Å². The van der Waals surface area contributed by atoms with Crippen molar-refractivity contribution < 1.29 is 43.2 Å². The van der Waals surface area contributed by atoms with Gasteiger partial charge in [-0.15, -0.1) is 0 Å². The molecular weight excluding hydrogens is 737 g/mol. The average molecular weight is 781 g/mol. The Hall–Kier alpha value is -6.62. The molecule has 11 nitrogen and oxygen atoms in total. The van der Waals surface area contributed by atoms with E-state index in [1.165, 1.54) is 24.0 Å². The molecule has 8 rings (SSSR count). The number of phenols is 1. The van der Waals surface area contributed by atoms with Gasteiger partial charge < -0.3 is 24.1 Å². The molecule has 0 aromatic heterocycles. The molecule has 6 atom stereocenters. The Labute approximate surface area is 336 Å². The molecule has 3 fully saturated rings. The van der Waals surface area contributed by atoms with E-state index in [4.69, 9.17) is 18.9 Å². The summed E-state index contributed by atoms with van der Waals surface area (Å²) in [5, 5.41) is 10.6. The van der Waals surface area contributed by atoms with Crippen molar-refractivity contribution >= 4 is 53.2 Å². The Morgan fingerprint density at radius 3 is 2.00 bits per heavy atom. The second kappa shape index (κ2) is 15.0. The van der Waals surface area contributed by atoms with Crippen LogP contribution in [0.3, 0.4) is 0 Å². The summed E-state index contributed by atoms with van der Waals surface area (Å²) in [6.45, 7) is 1.84. The van der Waals surface area contributed by atoms with Gasteiger partial charge in [-0.1, -0.05) is 66.3 Å². The van der Waals surface area contributed by atoms with Crippen LogP contribution in [0.2, 0.25) is 0 Å². The number of fused-ring (bicyclic) bond motifs is 4. The van der Waals surface area contributed by atoms with Crippen LogP contribution in [0.4, 0.5) is 11.4 Å². The molecule has 58 heavy (non-hydrogen) atoms. The number of phenolic OH excluding ortho intramolecular Hbond substituents is 1. The summed E-state index contributed by atoms with van der Waals surface area (Å²) in [5.74, 6) is -2.72. The fourth-order valence-corrected chi connectivity index (χ4v) is 9.40. The second-order valence-electron chi connectivity index (χ2n) is 15.2. The number of carbonyl (C=O) groups is 4. The summed E-state index contributed by atoms with van der Waals surface area (Å²) in [5.41, 5.74) is 2.95. The van der Waals surface area contributed by atoms with Gasteiger partial charge in [-0.3, -0.25) is 24.1 Å². The standard InChI is InChI=1S/C47H44N2O9/c1-47-36(21-14-28-23-39(57-4)42(50)40(24-28)58-5)33-19-20-34-41(35(33)26-37(47)44(52)49(46(47)54)30-9-7-6-8-10-30)45(53)48(43(34)51)31-16-12-27(13-17-31)11-15-29-25-32(55-2)18-22-38(29)56-3/h6-19,21-25,34-37,41,50H,20,26H2,1-5H3/t34-,35+,36-,37-,41-,47-/m0/s1. The predicted molar refractivity (Wildman–Crippen MR) is 219 cm³/mol. The first-order chi connectivity index (χ1) is 28.0. The number of imide groups is 2. The molecule has 0 radical (unpaired) electrons. The Kier molecular flexibility index (Phi) is 9.92. The molecule has 2 heterocycles. The number of ether oxygens (including phenoxy) is 4. The first-order valence-electron chi connectivity index (χ1n) is 19.2. The maximum atomic E-state index is 14.6. The van der Waals surface area contributed by atoms with Crippen LogP contribution in [0.1, 0.15) is 36.5 Å². The lowest BCUT2D eigenvalue weighted by Crippen LogP contribution is -2.49. The van der Waals surface area contributed by atoms with E-state index < -0.39 is 35.0 Å². The third kappa shape index (κ3) is 6.12. The zero-order chi connectivity index (χ0) is 40.9. The normalized spacial score (nSPS) is 25.2. The molecule has 296 valence electrons. The lowest BCUT2D eigenvalue weighted by molar-refractivity contribution is -0.132. The van der Waals surface area contributed by atoms with Crippen molar-refractivity contribution in [2.45, 2.75) is 19.8 Å². The van der Waals surface area contributed by atoms with Crippen LogP contribution in [-0.4, -0.2) is 57.2 Å². The number of carbonyl (C=O) groups excluding carboxylic acids is 4. The molecule has 4 aromatic carbocycles. The minimum Gasteiger partial charge on any atom is -0.502 e. The van der Waals surface area contributed by atoms with Crippen LogP contribution in [0.5, 0.6) is 28.7 Å². The van der Waals surface area contributed by atoms with Crippen LogP contribution >= 0.6 is 0 Å². The minimum atomic E-state index is -1.19. The lowest BCUT2D eigenvalue weighted by Gasteiger charge is -2.47. The van der Waals surface area contributed by atoms with E-state index >= 15 is 0 Å². The maximum absolute atomic E-state index is 14.6. The quantitative estimate of drug-likeness (QED) is 0.0983. The van der Waals surface area contributed by atoms with E-state index in [0.717, 1.165) is 16.7 Å².